The SMILES string of the molecule is CCCCc1c(C)c(OCc2ccccc2)c(C)c(C)c1OC. The van der Waals surface area contributed by atoms with E-state index in [0.717, 1.165) is 24.3 Å². The summed E-state index contributed by atoms with van der Waals surface area (Å²) >= 11 is 0. The molecule has 0 radical (unpaired) electrons. The molecule has 0 aromatic heterocycles. The number of methoxy groups -OCH3 is 1. The van der Waals surface area contributed by atoms with E-state index in [-0.39, 0.29) is 0 Å². The number of hydrogen-bond acceptors (Lipinski definition) is 2. The van der Waals surface area contributed by atoms with Crippen LogP contribution in [0.25, 0.3) is 0 Å². The van der Waals surface area contributed by atoms with Crippen molar-refractivity contribution in [2.24, 2.45) is 0 Å². The van der Waals surface area contributed by atoms with Crippen LogP contribution in [0.5, 0.6) is 11.5 Å². The molecule has 2 aromatic rings. The van der Waals surface area contributed by atoms with Crippen LogP contribution in [-0.4, -0.2) is 7.11 Å². The van der Waals surface area contributed by atoms with Crippen LogP contribution in [0, 0.1) is 20.8 Å². The topological polar surface area (TPSA) is 18.5 Å². The van der Waals surface area contributed by atoms with Gasteiger partial charge >= 0.3 is 0 Å². The van der Waals surface area contributed by atoms with Gasteiger partial charge in [-0.1, -0.05) is 43.7 Å². The van der Waals surface area contributed by atoms with Gasteiger partial charge in [-0.15, -0.1) is 0 Å². The maximum absolute atomic E-state index is 6.20. The second kappa shape index (κ2) is 8.05. The first-order valence-corrected chi connectivity index (χ1v) is 8.43. The van der Waals surface area contributed by atoms with Gasteiger partial charge in [0.05, 0.1) is 7.11 Å². The summed E-state index contributed by atoms with van der Waals surface area (Å²) in [5, 5.41) is 0. The van der Waals surface area contributed by atoms with Gasteiger partial charge in [-0.05, 0) is 55.9 Å². The van der Waals surface area contributed by atoms with Crippen LogP contribution in [0.1, 0.15) is 47.6 Å². The predicted molar refractivity (Wildman–Crippen MR) is 96.6 cm³/mol. The summed E-state index contributed by atoms with van der Waals surface area (Å²) in [5.41, 5.74) is 6.06. The van der Waals surface area contributed by atoms with Crippen LogP contribution in [0.2, 0.25) is 0 Å². The van der Waals surface area contributed by atoms with Crippen molar-refractivity contribution in [3.05, 3.63) is 58.1 Å². The summed E-state index contributed by atoms with van der Waals surface area (Å²) in [6.45, 7) is 9.21. The van der Waals surface area contributed by atoms with E-state index in [4.69, 9.17) is 9.47 Å². The number of benzene rings is 2. The van der Waals surface area contributed by atoms with E-state index in [1.165, 1.54) is 34.2 Å². The molecule has 0 aliphatic heterocycles. The largest absolute Gasteiger partial charge is 0.496 e. The van der Waals surface area contributed by atoms with Gasteiger partial charge in [0.1, 0.15) is 18.1 Å². The molecule has 0 spiro atoms. The van der Waals surface area contributed by atoms with E-state index < -0.39 is 0 Å². The summed E-state index contributed by atoms with van der Waals surface area (Å²) in [5.74, 6) is 2.04. The quantitative estimate of drug-likeness (QED) is 0.668. The van der Waals surface area contributed by atoms with E-state index in [0.29, 0.717) is 6.61 Å². The Morgan fingerprint density at radius 1 is 0.870 bits per heavy atom. The van der Waals surface area contributed by atoms with E-state index in [1.54, 1.807) is 7.11 Å². The van der Waals surface area contributed by atoms with Crippen molar-refractivity contribution < 1.29 is 9.47 Å². The molecule has 0 amide bonds. The maximum Gasteiger partial charge on any atom is 0.126 e. The van der Waals surface area contributed by atoms with Crippen molar-refractivity contribution in [1.29, 1.82) is 0 Å². The highest BCUT2D eigenvalue weighted by molar-refractivity contribution is 5.58. The van der Waals surface area contributed by atoms with E-state index >= 15 is 0 Å². The molecular weight excluding hydrogens is 284 g/mol. The Hall–Kier alpha value is -1.96. The Kier molecular flexibility index (Phi) is 6.09. The molecule has 0 unspecified atom stereocenters. The average Bonchev–Trinajstić information content (AvgIpc) is 2.57. The molecule has 2 nitrogen and oxygen atoms in total. The molecule has 2 rings (SSSR count). The Bertz CT molecular complexity index is 645. The highest BCUT2D eigenvalue weighted by Gasteiger charge is 2.18. The van der Waals surface area contributed by atoms with Gasteiger partial charge in [-0.2, -0.15) is 0 Å². The maximum atomic E-state index is 6.20. The molecule has 0 fully saturated rings. The number of rotatable bonds is 7. The zero-order valence-corrected chi connectivity index (χ0v) is 15.0. The fourth-order valence-corrected chi connectivity index (χ4v) is 3.03. The highest BCUT2D eigenvalue weighted by Crippen LogP contribution is 2.38. The van der Waals surface area contributed by atoms with E-state index in [9.17, 15) is 0 Å². The Morgan fingerprint density at radius 3 is 2.13 bits per heavy atom. The number of unbranched alkanes of at least 4 members (excludes halogenated alkanes) is 1. The summed E-state index contributed by atoms with van der Waals surface area (Å²) in [4.78, 5) is 0. The van der Waals surface area contributed by atoms with Gasteiger partial charge in [0.15, 0.2) is 0 Å². The van der Waals surface area contributed by atoms with Gasteiger partial charge in [0, 0.05) is 5.56 Å². The molecule has 0 N–H and O–H groups in total. The molecule has 0 aliphatic rings. The fraction of sp³-hybridized carbons (Fsp3) is 0.429. The minimum Gasteiger partial charge on any atom is -0.496 e. The predicted octanol–water partition coefficient (Wildman–Crippen LogP) is 5.54. The Labute approximate surface area is 140 Å². The molecular formula is C21H28O2. The van der Waals surface area contributed by atoms with Crippen LogP contribution >= 0.6 is 0 Å². The van der Waals surface area contributed by atoms with Gasteiger partial charge in [-0.3, -0.25) is 0 Å². The van der Waals surface area contributed by atoms with Crippen molar-refractivity contribution >= 4 is 0 Å². The third-order valence-corrected chi connectivity index (χ3v) is 4.52. The van der Waals surface area contributed by atoms with Gasteiger partial charge in [0.2, 0.25) is 0 Å². The summed E-state index contributed by atoms with van der Waals surface area (Å²) in [7, 11) is 1.77. The first-order valence-electron chi connectivity index (χ1n) is 8.43. The highest BCUT2D eigenvalue weighted by atomic mass is 16.5. The zero-order valence-electron chi connectivity index (χ0n) is 15.0. The van der Waals surface area contributed by atoms with Gasteiger partial charge in [-0.25, -0.2) is 0 Å². The summed E-state index contributed by atoms with van der Waals surface area (Å²) < 4.78 is 11.9. The van der Waals surface area contributed by atoms with Crippen molar-refractivity contribution in [3.8, 4) is 11.5 Å². The van der Waals surface area contributed by atoms with Gasteiger partial charge < -0.3 is 9.47 Å². The van der Waals surface area contributed by atoms with E-state index in [2.05, 4.69) is 39.8 Å². The Balaban J connectivity index is 2.36. The molecule has 2 aromatic carbocycles. The smallest absolute Gasteiger partial charge is 0.126 e. The molecule has 2 heteroatoms. The lowest BCUT2D eigenvalue weighted by Crippen LogP contribution is -2.06. The normalized spacial score (nSPS) is 10.7. The molecule has 0 bridgehead atoms. The molecule has 23 heavy (non-hydrogen) atoms. The molecule has 0 saturated carbocycles. The molecule has 124 valence electrons. The van der Waals surface area contributed by atoms with Crippen LogP contribution in [0.3, 0.4) is 0 Å². The zero-order chi connectivity index (χ0) is 16.8. The first kappa shape index (κ1) is 17.4. The molecule has 0 atom stereocenters. The summed E-state index contributed by atoms with van der Waals surface area (Å²) in [6, 6.07) is 10.3. The Morgan fingerprint density at radius 2 is 1.52 bits per heavy atom. The third kappa shape index (κ3) is 3.87. The fourth-order valence-electron chi connectivity index (χ4n) is 3.03. The van der Waals surface area contributed by atoms with Crippen LogP contribution < -0.4 is 9.47 Å². The van der Waals surface area contributed by atoms with Crippen LogP contribution in [-0.2, 0) is 13.0 Å². The van der Waals surface area contributed by atoms with Crippen LogP contribution in [0.4, 0.5) is 0 Å². The van der Waals surface area contributed by atoms with Crippen molar-refractivity contribution in [2.75, 3.05) is 7.11 Å². The third-order valence-electron chi connectivity index (χ3n) is 4.52. The lowest BCUT2D eigenvalue weighted by Gasteiger charge is -2.21. The van der Waals surface area contributed by atoms with Crippen molar-refractivity contribution in [3.63, 3.8) is 0 Å². The van der Waals surface area contributed by atoms with Crippen LogP contribution in [0.15, 0.2) is 30.3 Å². The van der Waals surface area contributed by atoms with Gasteiger partial charge in [0.25, 0.3) is 0 Å². The number of hydrogen-bond donors (Lipinski definition) is 0. The lowest BCUT2D eigenvalue weighted by molar-refractivity contribution is 0.300. The minimum absolute atomic E-state index is 0.599. The second-order valence-corrected chi connectivity index (χ2v) is 6.09. The van der Waals surface area contributed by atoms with Crippen molar-refractivity contribution in [1.82, 2.24) is 0 Å². The first-order chi connectivity index (χ1) is 11.1. The second-order valence-electron chi connectivity index (χ2n) is 6.09. The molecule has 0 heterocycles. The number of ether oxygens (including phenoxy) is 2. The molecule has 0 aliphatic carbocycles. The average molecular weight is 312 g/mol. The minimum atomic E-state index is 0.599. The molecule has 0 saturated heterocycles. The monoisotopic (exact) mass is 312 g/mol. The van der Waals surface area contributed by atoms with E-state index in [1.807, 2.05) is 18.2 Å². The standard InChI is InChI=1S/C21H28O2/c1-6-7-13-19-17(4)20(15(2)16(3)21(19)22-5)23-14-18-11-9-8-10-12-18/h8-12H,6-7,13-14H2,1-5H3. The lowest BCUT2D eigenvalue weighted by atomic mass is 9.94. The van der Waals surface area contributed by atoms with Crippen molar-refractivity contribution in [2.45, 2.75) is 53.6 Å². The summed E-state index contributed by atoms with van der Waals surface area (Å²) in [6.07, 6.45) is 3.38.